The normalized spacial score (nSPS) is 18.5. The number of hydrogen-bond donors (Lipinski definition) is 0. The number of aromatic nitrogens is 1. The van der Waals surface area contributed by atoms with Crippen LogP contribution in [0.4, 0.5) is 10.6 Å². The van der Waals surface area contributed by atoms with Crippen molar-refractivity contribution in [2.45, 2.75) is 71.3 Å². The largest absolute Gasteiger partial charge is 0.444 e. The predicted molar refractivity (Wildman–Crippen MR) is 132 cm³/mol. The number of pyridine rings is 1. The Bertz CT molecular complexity index is 763. The molecule has 1 amide bonds. The topological polar surface area (TPSA) is 54.9 Å². The summed E-state index contributed by atoms with van der Waals surface area (Å²) in [7, 11) is -1.93. The number of rotatable bonds is 4. The van der Waals surface area contributed by atoms with E-state index in [1.165, 1.54) is 0 Å². The summed E-state index contributed by atoms with van der Waals surface area (Å²) in [6.07, 6.45) is 1.52. The third kappa shape index (κ3) is 6.68. The third-order valence-corrected chi connectivity index (χ3v) is 11.2. The Hall–Kier alpha value is -0.643. The Labute approximate surface area is 199 Å². The maximum atomic E-state index is 12.7. The van der Waals surface area contributed by atoms with Crippen LogP contribution in [-0.4, -0.2) is 62.2 Å². The molecule has 0 aromatic carbocycles. The van der Waals surface area contributed by atoms with E-state index in [0.717, 1.165) is 14.8 Å². The van der Waals surface area contributed by atoms with Gasteiger partial charge < -0.3 is 19.0 Å². The van der Waals surface area contributed by atoms with Crippen molar-refractivity contribution in [3.63, 3.8) is 0 Å². The summed E-state index contributed by atoms with van der Waals surface area (Å²) in [6, 6.07) is 1.99. The molecule has 1 unspecified atom stereocenters. The van der Waals surface area contributed by atoms with Crippen LogP contribution in [0.5, 0.6) is 0 Å². The molecule has 30 heavy (non-hydrogen) atoms. The van der Waals surface area contributed by atoms with Crippen LogP contribution < -0.4 is 4.90 Å². The number of halogens is 2. The van der Waals surface area contributed by atoms with E-state index in [9.17, 15) is 4.79 Å². The molecule has 1 saturated heterocycles. The third-order valence-electron chi connectivity index (χ3n) is 5.64. The highest BCUT2D eigenvalue weighted by Crippen LogP contribution is 2.37. The van der Waals surface area contributed by atoms with Gasteiger partial charge in [0.15, 0.2) is 8.32 Å². The SMILES string of the molecule is CC(C)(C)OC(=O)N1CCN(c2ncc(Br)cc2Br)C(CO[Si](C)(C)C(C)(C)C)C1. The average molecular weight is 565 g/mol. The molecule has 0 bridgehead atoms. The van der Waals surface area contributed by atoms with Gasteiger partial charge in [0.05, 0.1) is 17.1 Å². The van der Waals surface area contributed by atoms with Crippen LogP contribution in [0.15, 0.2) is 21.2 Å². The Morgan fingerprint density at radius 3 is 2.37 bits per heavy atom. The molecule has 1 atom stereocenters. The molecule has 1 fully saturated rings. The molecule has 1 aromatic heterocycles. The van der Waals surface area contributed by atoms with E-state index in [0.29, 0.717) is 26.2 Å². The molecule has 9 heteroatoms. The molecule has 170 valence electrons. The molecule has 1 aliphatic heterocycles. The molecule has 1 aromatic rings. The lowest BCUT2D eigenvalue weighted by Crippen LogP contribution is -2.58. The summed E-state index contributed by atoms with van der Waals surface area (Å²) in [5.74, 6) is 0.867. The van der Waals surface area contributed by atoms with Gasteiger partial charge >= 0.3 is 6.09 Å². The van der Waals surface area contributed by atoms with Gasteiger partial charge in [0.1, 0.15) is 11.4 Å². The lowest BCUT2D eigenvalue weighted by Gasteiger charge is -2.44. The predicted octanol–water partition coefficient (Wildman–Crippen LogP) is 6.05. The quantitative estimate of drug-likeness (QED) is 0.416. The van der Waals surface area contributed by atoms with E-state index >= 15 is 0 Å². The molecule has 0 spiro atoms. The van der Waals surface area contributed by atoms with Gasteiger partial charge in [-0.15, -0.1) is 0 Å². The first kappa shape index (κ1) is 25.6. The Kier molecular flexibility index (Phi) is 8.08. The zero-order chi connectivity index (χ0) is 22.9. The van der Waals surface area contributed by atoms with E-state index in [1.54, 1.807) is 11.1 Å². The number of anilines is 1. The first-order chi connectivity index (χ1) is 13.6. The number of carbonyl (C=O) groups is 1. The summed E-state index contributed by atoms with van der Waals surface area (Å²) in [5.41, 5.74) is -0.516. The van der Waals surface area contributed by atoms with Crippen molar-refractivity contribution in [2.75, 3.05) is 31.1 Å². The van der Waals surface area contributed by atoms with E-state index < -0.39 is 13.9 Å². The molecular formula is C21H35Br2N3O3Si. The van der Waals surface area contributed by atoms with Crippen molar-refractivity contribution in [1.29, 1.82) is 0 Å². The van der Waals surface area contributed by atoms with Crippen molar-refractivity contribution < 1.29 is 14.0 Å². The Morgan fingerprint density at radius 2 is 1.83 bits per heavy atom. The standard InChI is InChI=1S/C21H35Br2N3O3Si/c1-20(2,3)29-19(27)25-9-10-26(18-17(23)11-15(22)12-24-18)16(13-25)14-28-30(7,8)21(4,5)6/h11-12,16H,9-10,13-14H2,1-8H3. The zero-order valence-electron chi connectivity index (χ0n) is 19.4. The second-order valence-corrected chi connectivity index (χ2v) is 16.9. The van der Waals surface area contributed by atoms with Gasteiger partial charge in [-0.25, -0.2) is 9.78 Å². The van der Waals surface area contributed by atoms with Crippen LogP contribution in [0.25, 0.3) is 0 Å². The van der Waals surface area contributed by atoms with Crippen LogP contribution in [0.2, 0.25) is 18.1 Å². The van der Waals surface area contributed by atoms with Crippen LogP contribution in [-0.2, 0) is 9.16 Å². The highest BCUT2D eigenvalue weighted by molar-refractivity contribution is 9.11. The van der Waals surface area contributed by atoms with Gasteiger partial charge in [-0.05, 0) is 76.8 Å². The molecule has 2 heterocycles. The van der Waals surface area contributed by atoms with Crippen molar-refractivity contribution in [2.24, 2.45) is 0 Å². The van der Waals surface area contributed by atoms with Crippen LogP contribution in [0, 0.1) is 0 Å². The molecule has 0 aliphatic carbocycles. The van der Waals surface area contributed by atoms with Gasteiger partial charge in [-0.1, -0.05) is 20.8 Å². The van der Waals surface area contributed by atoms with Gasteiger partial charge in [0.2, 0.25) is 0 Å². The minimum Gasteiger partial charge on any atom is -0.444 e. The Balaban J connectivity index is 2.25. The first-order valence-corrected chi connectivity index (χ1v) is 14.8. The number of nitrogens with zero attached hydrogens (tertiary/aromatic N) is 3. The lowest BCUT2D eigenvalue weighted by atomic mass is 10.1. The highest BCUT2D eigenvalue weighted by Gasteiger charge is 2.40. The minimum atomic E-state index is -1.93. The van der Waals surface area contributed by atoms with Crippen molar-refractivity contribution >= 4 is 52.1 Å². The van der Waals surface area contributed by atoms with Crippen LogP contribution in [0.3, 0.4) is 0 Å². The van der Waals surface area contributed by atoms with E-state index in [2.05, 4.69) is 75.6 Å². The van der Waals surface area contributed by atoms with Gasteiger partial charge in [-0.2, -0.15) is 0 Å². The number of piperazine rings is 1. The molecule has 6 nitrogen and oxygen atoms in total. The monoisotopic (exact) mass is 563 g/mol. The summed E-state index contributed by atoms with van der Waals surface area (Å²) < 4.78 is 14.0. The van der Waals surface area contributed by atoms with Crippen molar-refractivity contribution in [3.8, 4) is 0 Å². The molecular weight excluding hydrogens is 530 g/mol. The first-order valence-electron chi connectivity index (χ1n) is 10.3. The highest BCUT2D eigenvalue weighted by atomic mass is 79.9. The summed E-state index contributed by atoms with van der Waals surface area (Å²) >= 11 is 7.12. The fourth-order valence-electron chi connectivity index (χ4n) is 2.91. The van der Waals surface area contributed by atoms with E-state index in [1.807, 2.05) is 26.8 Å². The minimum absolute atomic E-state index is 0.00892. The second-order valence-electron chi connectivity index (χ2n) is 10.3. The second kappa shape index (κ2) is 9.46. The van der Waals surface area contributed by atoms with E-state index in [4.69, 9.17) is 9.16 Å². The fourth-order valence-corrected chi connectivity index (χ4v) is 5.17. The Morgan fingerprint density at radius 1 is 1.20 bits per heavy atom. The van der Waals surface area contributed by atoms with Gasteiger partial charge in [0.25, 0.3) is 0 Å². The average Bonchev–Trinajstić information content (AvgIpc) is 2.57. The molecule has 0 saturated carbocycles. The lowest BCUT2D eigenvalue weighted by molar-refractivity contribution is 0.0198. The summed E-state index contributed by atoms with van der Waals surface area (Å²) in [4.78, 5) is 21.4. The van der Waals surface area contributed by atoms with Crippen LogP contribution >= 0.6 is 31.9 Å². The molecule has 1 aliphatic rings. The van der Waals surface area contributed by atoms with Crippen LogP contribution in [0.1, 0.15) is 41.5 Å². The summed E-state index contributed by atoms with van der Waals surface area (Å²) in [6.45, 7) is 19.2. The molecule has 0 N–H and O–H groups in total. The number of amides is 1. The maximum absolute atomic E-state index is 12.7. The number of carbonyl (C=O) groups excluding carboxylic acids is 1. The zero-order valence-corrected chi connectivity index (χ0v) is 23.6. The maximum Gasteiger partial charge on any atom is 0.410 e. The number of hydrogen-bond acceptors (Lipinski definition) is 5. The summed E-state index contributed by atoms with van der Waals surface area (Å²) in [5, 5.41) is 0.119. The number of ether oxygens (including phenoxy) is 1. The van der Waals surface area contributed by atoms with Gasteiger partial charge in [-0.3, -0.25) is 0 Å². The van der Waals surface area contributed by atoms with Gasteiger partial charge in [0, 0.05) is 30.3 Å². The van der Waals surface area contributed by atoms with E-state index in [-0.39, 0.29) is 17.2 Å². The van der Waals surface area contributed by atoms with Crippen molar-refractivity contribution in [1.82, 2.24) is 9.88 Å². The smallest absolute Gasteiger partial charge is 0.410 e. The molecule has 2 rings (SSSR count). The van der Waals surface area contributed by atoms with Crippen molar-refractivity contribution in [3.05, 3.63) is 21.2 Å². The fraction of sp³-hybridized carbons (Fsp3) is 0.714. The molecule has 0 radical (unpaired) electrons.